The Morgan fingerprint density at radius 1 is 1.07 bits per heavy atom. The van der Waals surface area contributed by atoms with Crippen molar-refractivity contribution in [3.8, 4) is 17.2 Å². The highest BCUT2D eigenvalue weighted by atomic mass is 16.5. The predicted octanol–water partition coefficient (Wildman–Crippen LogP) is 3.66. The average molecular weight is 408 g/mol. The fraction of sp³-hybridized carbons (Fsp3) is 0.381. The lowest BCUT2D eigenvalue weighted by molar-refractivity contribution is -0.143. The summed E-state index contributed by atoms with van der Waals surface area (Å²) in [7, 11) is 1.37. The SMILES string of the molecule is CC.CCCOC(=O)CC.COc1ccnc(C(N)=O)c1O.Oc1ccccc1. The van der Waals surface area contributed by atoms with Crippen molar-refractivity contribution in [2.24, 2.45) is 5.73 Å². The van der Waals surface area contributed by atoms with Gasteiger partial charge in [-0.15, -0.1) is 0 Å². The number of hydrogen-bond acceptors (Lipinski definition) is 7. The van der Waals surface area contributed by atoms with Crippen molar-refractivity contribution in [3.63, 3.8) is 0 Å². The number of carbonyl (C=O) groups excluding carboxylic acids is 2. The molecule has 0 saturated carbocycles. The van der Waals surface area contributed by atoms with E-state index in [0.29, 0.717) is 18.8 Å². The maximum absolute atomic E-state index is 10.6. The number of ether oxygens (including phenoxy) is 2. The molecule has 0 aliphatic carbocycles. The maximum Gasteiger partial charge on any atom is 0.305 e. The van der Waals surface area contributed by atoms with Gasteiger partial charge in [0.2, 0.25) is 0 Å². The van der Waals surface area contributed by atoms with Gasteiger partial charge in [0, 0.05) is 18.7 Å². The van der Waals surface area contributed by atoms with Gasteiger partial charge in [-0.3, -0.25) is 9.59 Å². The molecule has 1 amide bonds. The second-order valence-corrected chi connectivity index (χ2v) is 4.98. The fourth-order valence-electron chi connectivity index (χ4n) is 1.53. The third kappa shape index (κ3) is 13.5. The van der Waals surface area contributed by atoms with E-state index in [1.807, 2.05) is 26.8 Å². The van der Waals surface area contributed by atoms with Crippen LogP contribution in [0.1, 0.15) is 51.0 Å². The van der Waals surface area contributed by atoms with E-state index in [1.54, 1.807) is 31.2 Å². The molecular weight excluding hydrogens is 376 g/mol. The normalized spacial score (nSPS) is 8.59. The lowest BCUT2D eigenvalue weighted by Gasteiger charge is -2.03. The maximum atomic E-state index is 10.6. The second-order valence-electron chi connectivity index (χ2n) is 4.98. The van der Waals surface area contributed by atoms with Crippen LogP contribution in [0.4, 0.5) is 0 Å². The lowest BCUT2D eigenvalue weighted by Crippen LogP contribution is -2.13. The van der Waals surface area contributed by atoms with Gasteiger partial charge in [0.1, 0.15) is 5.75 Å². The van der Waals surface area contributed by atoms with Crippen molar-refractivity contribution in [2.45, 2.75) is 40.5 Å². The van der Waals surface area contributed by atoms with E-state index in [2.05, 4.69) is 4.98 Å². The fourth-order valence-corrected chi connectivity index (χ4v) is 1.53. The average Bonchev–Trinajstić information content (AvgIpc) is 2.75. The van der Waals surface area contributed by atoms with E-state index in [0.717, 1.165) is 6.42 Å². The van der Waals surface area contributed by atoms with Crippen LogP contribution in [-0.4, -0.2) is 40.8 Å². The first-order valence-electron chi connectivity index (χ1n) is 9.28. The Morgan fingerprint density at radius 2 is 1.66 bits per heavy atom. The molecule has 162 valence electrons. The van der Waals surface area contributed by atoms with Gasteiger partial charge in [-0.05, 0) is 18.6 Å². The van der Waals surface area contributed by atoms with Crippen LogP contribution >= 0.6 is 0 Å². The molecule has 1 aromatic carbocycles. The third-order valence-corrected chi connectivity index (χ3v) is 2.85. The number of hydrogen-bond donors (Lipinski definition) is 3. The van der Waals surface area contributed by atoms with Gasteiger partial charge in [-0.25, -0.2) is 4.98 Å². The van der Waals surface area contributed by atoms with Crippen molar-refractivity contribution in [2.75, 3.05) is 13.7 Å². The summed E-state index contributed by atoms with van der Waals surface area (Å²) in [5, 5.41) is 17.9. The number of nitrogens with zero attached hydrogens (tertiary/aromatic N) is 1. The molecule has 2 rings (SSSR count). The predicted molar refractivity (Wildman–Crippen MR) is 112 cm³/mol. The summed E-state index contributed by atoms with van der Waals surface area (Å²) in [5.41, 5.74) is 4.74. The number of primary amides is 1. The molecule has 0 spiro atoms. The molecule has 0 unspecified atom stereocenters. The van der Waals surface area contributed by atoms with Crippen molar-refractivity contribution in [1.29, 1.82) is 0 Å². The number of pyridine rings is 1. The molecule has 1 heterocycles. The van der Waals surface area contributed by atoms with Crippen LogP contribution in [0.15, 0.2) is 42.6 Å². The van der Waals surface area contributed by atoms with Crippen molar-refractivity contribution in [1.82, 2.24) is 4.98 Å². The number of rotatable bonds is 5. The molecule has 4 N–H and O–H groups in total. The van der Waals surface area contributed by atoms with E-state index >= 15 is 0 Å². The number of aromatic nitrogens is 1. The zero-order valence-corrected chi connectivity index (χ0v) is 17.7. The number of carbonyl (C=O) groups is 2. The van der Waals surface area contributed by atoms with E-state index in [1.165, 1.54) is 19.4 Å². The van der Waals surface area contributed by atoms with Gasteiger partial charge in [0.25, 0.3) is 5.91 Å². The number of methoxy groups -OCH3 is 1. The molecule has 0 saturated heterocycles. The third-order valence-electron chi connectivity index (χ3n) is 2.85. The number of esters is 1. The van der Waals surface area contributed by atoms with Crippen LogP contribution < -0.4 is 10.5 Å². The second kappa shape index (κ2) is 18.1. The highest BCUT2D eigenvalue weighted by molar-refractivity contribution is 5.94. The minimum Gasteiger partial charge on any atom is -0.508 e. The van der Waals surface area contributed by atoms with E-state index < -0.39 is 5.91 Å². The highest BCUT2D eigenvalue weighted by Gasteiger charge is 2.12. The number of aromatic hydroxyl groups is 2. The number of nitrogens with two attached hydrogens (primary N) is 1. The van der Waals surface area contributed by atoms with Crippen LogP contribution in [0.25, 0.3) is 0 Å². The number of benzene rings is 1. The Hall–Kier alpha value is -3.29. The molecule has 29 heavy (non-hydrogen) atoms. The zero-order valence-electron chi connectivity index (χ0n) is 17.7. The molecule has 8 heteroatoms. The number of phenolic OH excluding ortho intramolecular Hbond substituents is 1. The minimum atomic E-state index is -0.786. The van der Waals surface area contributed by atoms with Crippen molar-refractivity contribution >= 4 is 11.9 Å². The van der Waals surface area contributed by atoms with Crippen LogP contribution in [0, 0.1) is 0 Å². The molecule has 2 aromatic rings. The van der Waals surface area contributed by atoms with E-state index in [4.69, 9.17) is 20.3 Å². The quantitative estimate of drug-likeness (QED) is 0.643. The van der Waals surface area contributed by atoms with Gasteiger partial charge in [0.05, 0.1) is 13.7 Å². The molecule has 0 aliphatic heterocycles. The number of para-hydroxylation sites is 1. The van der Waals surface area contributed by atoms with Crippen LogP contribution in [-0.2, 0) is 9.53 Å². The largest absolute Gasteiger partial charge is 0.508 e. The van der Waals surface area contributed by atoms with E-state index in [9.17, 15) is 14.7 Å². The summed E-state index contributed by atoms with van der Waals surface area (Å²) in [4.78, 5) is 24.6. The van der Waals surface area contributed by atoms with Crippen molar-refractivity contribution in [3.05, 3.63) is 48.3 Å². The Labute approximate surface area is 172 Å². The van der Waals surface area contributed by atoms with Gasteiger partial charge in [0.15, 0.2) is 17.2 Å². The monoisotopic (exact) mass is 408 g/mol. The molecule has 0 fully saturated rings. The van der Waals surface area contributed by atoms with Crippen LogP contribution in [0.3, 0.4) is 0 Å². The molecule has 0 aliphatic rings. The van der Waals surface area contributed by atoms with Gasteiger partial charge in [-0.2, -0.15) is 0 Å². The topological polar surface area (TPSA) is 132 Å². The Balaban J connectivity index is 0. The summed E-state index contributed by atoms with van der Waals surface area (Å²) in [5.74, 6) is -0.716. The number of phenols is 1. The zero-order chi connectivity index (χ0) is 22.7. The Kier molecular flexibility index (Phi) is 17.4. The molecule has 1 aromatic heterocycles. The first kappa shape index (κ1) is 27.9. The smallest absolute Gasteiger partial charge is 0.305 e. The molecule has 0 atom stereocenters. The van der Waals surface area contributed by atoms with Crippen LogP contribution in [0.5, 0.6) is 17.2 Å². The first-order chi connectivity index (χ1) is 13.9. The van der Waals surface area contributed by atoms with Gasteiger partial charge in [-0.1, -0.05) is 45.9 Å². The van der Waals surface area contributed by atoms with Crippen LogP contribution in [0.2, 0.25) is 0 Å². The summed E-state index contributed by atoms with van der Waals surface area (Å²) >= 11 is 0. The lowest BCUT2D eigenvalue weighted by atomic mass is 10.3. The highest BCUT2D eigenvalue weighted by Crippen LogP contribution is 2.26. The molecule has 0 radical (unpaired) electrons. The first-order valence-corrected chi connectivity index (χ1v) is 9.28. The van der Waals surface area contributed by atoms with E-state index in [-0.39, 0.29) is 23.2 Å². The summed E-state index contributed by atoms with van der Waals surface area (Å²) in [6.45, 7) is 8.33. The summed E-state index contributed by atoms with van der Waals surface area (Å²) < 4.78 is 9.44. The molecule has 0 bridgehead atoms. The number of amides is 1. The summed E-state index contributed by atoms with van der Waals surface area (Å²) in [6.07, 6.45) is 2.73. The Morgan fingerprint density at radius 3 is 2.03 bits per heavy atom. The summed E-state index contributed by atoms with van der Waals surface area (Å²) in [6, 6.07) is 10.1. The van der Waals surface area contributed by atoms with Gasteiger partial charge >= 0.3 is 5.97 Å². The minimum absolute atomic E-state index is 0.105. The van der Waals surface area contributed by atoms with Gasteiger partial charge < -0.3 is 25.4 Å². The molecular formula is C21H32N2O6. The molecule has 8 nitrogen and oxygen atoms in total. The Bertz CT molecular complexity index is 693. The standard InChI is InChI=1S/C7H8N2O3.C6H12O2.C6H6O.C2H6/c1-12-4-2-3-9-5(6(4)10)7(8)11;1-3-5-8-6(7)4-2;7-6-4-2-1-3-5-6;1-2/h2-3,10H,1H3,(H2,8,11);3-5H2,1-2H3;1-5,7H;1-2H3. The van der Waals surface area contributed by atoms with Crippen molar-refractivity contribution < 1.29 is 29.3 Å².